The Morgan fingerprint density at radius 2 is 2.10 bits per heavy atom. The number of carbonyl (C=O) groups is 1. The number of aryl methyl sites for hydroxylation is 1. The van der Waals surface area contributed by atoms with Gasteiger partial charge in [-0.15, -0.1) is 0 Å². The van der Waals surface area contributed by atoms with Crippen LogP contribution in [0.3, 0.4) is 0 Å². The molecule has 1 amide bonds. The van der Waals surface area contributed by atoms with E-state index in [2.05, 4.69) is 20.5 Å². The zero-order valence-electron chi connectivity index (χ0n) is 11.4. The van der Waals surface area contributed by atoms with E-state index in [1.807, 2.05) is 37.3 Å². The number of anilines is 1. The molecule has 0 unspecified atom stereocenters. The van der Waals surface area contributed by atoms with Crippen LogP contribution in [0.2, 0.25) is 5.15 Å². The minimum atomic E-state index is -0.260. The van der Waals surface area contributed by atoms with Gasteiger partial charge in [-0.05, 0) is 11.8 Å². The first-order chi connectivity index (χ1) is 10.2. The van der Waals surface area contributed by atoms with E-state index in [4.69, 9.17) is 11.6 Å². The Bertz CT molecular complexity index is 812. The quantitative estimate of drug-likeness (QED) is 0.728. The van der Waals surface area contributed by atoms with E-state index in [0.717, 1.165) is 22.9 Å². The molecule has 3 rings (SSSR count). The van der Waals surface area contributed by atoms with Gasteiger partial charge in [0.15, 0.2) is 5.82 Å². The van der Waals surface area contributed by atoms with Gasteiger partial charge in [-0.25, -0.2) is 4.98 Å². The minimum Gasteiger partial charge on any atom is -0.305 e. The molecule has 0 saturated heterocycles. The largest absolute Gasteiger partial charge is 0.305 e. The first-order valence-corrected chi connectivity index (χ1v) is 6.95. The number of amides is 1. The van der Waals surface area contributed by atoms with Gasteiger partial charge in [0.05, 0.1) is 5.56 Å². The number of hydrogen-bond acceptors (Lipinski definition) is 3. The number of benzene rings is 1. The van der Waals surface area contributed by atoms with Crippen LogP contribution in [-0.2, 0) is 6.42 Å². The van der Waals surface area contributed by atoms with Crippen LogP contribution in [0, 0.1) is 0 Å². The van der Waals surface area contributed by atoms with Crippen molar-refractivity contribution in [1.29, 1.82) is 0 Å². The molecule has 0 aliphatic heterocycles. The van der Waals surface area contributed by atoms with Crippen molar-refractivity contribution >= 4 is 34.1 Å². The highest BCUT2D eigenvalue weighted by Crippen LogP contribution is 2.24. The van der Waals surface area contributed by atoms with Crippen molar-refractivity contribution in [3.05, 3.63) is 52.9 Å². The maximum Gasteiger partial charge on any atom is 0.259 e. The number of aromatic nitrogens is 3. The first kappa shape index (κ1) is 13.6. The Morgan fingerprint density at radius 3 is 2.81 bits per heavy atom. The summed E-state index contributed by atoms with van der Waals surface area (Å²) in [5.41, 5.74) is 1.43. The lowest BCUT2D eigenvalue weighted by Gasteiger charge is -2.06. The van der Waals surface area contributed by atoms with Gasteiger partial charge in [0.2, 0.25) is 0 Å². The van der Waals surface area contributed by atoms with Crippen molar-refractivity contribution in [3.8, 4) is 0 Å². The summed E-state index contributed by atoms with van der Waals surface area (Å²) in [4.78, 5) is 16.5. The smallest absolute Gasteiger partial charge is 0.259 e. The normalized spacial score (nSPS) is 10.8. The summed E-state index contributed by atoms with van der Waals surface area (Å²) >= 11 is 6.06. The van der Waals surface area contributed by atoms with Crippen molar-refractivity contribution in [2.45, 2.75) is 13.3 Å². The maximum atomic E-state index is 12.4. The molecule has 1 aromatic carbocycles. The van der Waals surface area contributed by atoms with Gasteiger partial charge >= 0.3 is 0 Å². The molecule has 0 fully saturated rings. The van der Waals surface area contributed by atoms with Crippen LogP contribution >= 0.6 is 11.6 Å². The summed E-state index contributed by atoms with van der Waals surface area (Å²) in [6.45, 7) is 2.01. The molecule has 3 aromatic rings. The molecule has 106 valence electrons. The Labute approximate surface area is 126 Å². The zero-order chi connectivity index (χ0) is 14.8. The third-order valence-corrected chi connectivity index (χ3v) is 3.55. The predicted molar refractivity (Wildman–Crippen MR) is 82.7 cm³/mol. The molecule has 0 aliphatic rings. The second kappa shape index (κ2) is 5.54. The average Bonchev–Trinajstić information content (AvgIpc) is 2.95. The predicted octanol–water partition coefficient (Wildman–Crippen LogP) is 3.43. The third kappa shape index (κ3) is 2.60. The SMILES string of the molecule is CCc1cc(NC(=O)c2cnc(Cl)c3ccccc23)n[nH]1. The first-order valence-electron chi connectivity index (χ1n) is 6.58. The van der Waals surface area contributed by atoms with Crippen LogP contribution in [0.1, 0.15) is 23.0 Å². The highest BCUT2D eigenvalue weighted by Gasteiger charge is 2.14. The molecule has 0 radical (unpaired) electrons. The molecular weight excluding hydrogens is 288 g/mol. The fourth-order valence-electron chi connectivity index (χ4n) is 2.13. The molecule has 5 nitrogen and oxygen atoms in total. The summed E-state index contributed by atoms with van der Waals surface area (Å²) in [5, 5.41) is 11.6. The lowest BCUT2D eigenvalue weighted by molar-refractivity contribution is 0.102. The topological polar surface area (TPSA) is 70.7 Å². The third-order valence-electron chi connectivity index (χ3n) is 3.24. The molecule has 0 spiro atoms. The Hall–Kier alpha value is -2.40. The number of carbonyl (C=O) groups excluding carboxylic acids is 1. The van der Waals surface area contributed by atoms with Gasteiger partial charge in [-0.2, -0.15) is 5.10 Å². The number of nitrogens with zero attached hydrogens (tertiary/aromatic N) is 2. The second-order valence-corrected chi connectivity index (χ2v) is 4.95. The highest BCUT2D eigenvalue weighted by molar-refractivity contribution is 6.35. The van der Waals surface area contributed by atoms with Gasteiger partial charge in [0, 0.05) is 23.3 Å². The standard InChI is InChI=1S/C15H13ClN4O/c1-2-9-7-13(20-19-9)18-15(21)12-8-17-14(16)11-6-4-3-5-10(11)12/h3-8H,2H2,1H3,(H2,18,19,20,21). The zero-order valence-corrected chi connectivity index (χ0v) is 12.1. The number of rotatable bonds is 3. The second-order valence-electron chi connectivity index (χ2n) is 4.59. The van der Waals surface area contributed by atoms with Gasteiger partial charge < -0.3 is 5.32 Å². The number of halogens is 1. The summed E-state index contributed by atoms with van der Waals surface area (Å²) in [7, 11) is 0. The van der Waals surface area contributed by atoms with Crippen molar-refractivity contribution in [2.75, 3.05) is 5.32 Å². The molecule has 0 saturated carbocycles. The van der Waals surface area contributed by atoms with Crippen molar-refractivity contribution < 1.29 is 4.79 Å². The highest BCUT2D eigenvalue weighted by atomic mass is 35.5. The molecule has 2 heterocycles. The number of nitrogens with one attached hydrogen (secondary N) is 2. The van der Waals surface area contributed by atoms with E-state index < -0.39 is 0 Å². The summed E-state index contributed by atoms with van der Waals surface area (Å²) < 4.78 is 0. The Morgan fingerprint density at radius 1 is 1.33 bits per heavy atom. The van der Waals surface area contributed by atoms with Gasteiger partial charge in [-0.1, -0.05) is 42.8 Å². The van der Waals surface area contributed by atoms with E-state index in [1.165, 1.54) is 6.20 Å². The van der Waals surface area contributed by atoms with Crippen LogP contribution < -0.4 is 5.32 Å². The van der Waals surface area contributed by atoms with Crippen LogP contribution in [0.25, 0.3) is 10.8 Å². The number of aromatic amines is 1. The molecule has 6 heteroatoms. The van der Waals surface area contributed by atoms with Crippen LogP contribution in [0.5, 0.6) is 0 Å². The van der Waals surface area contributed by atoms with E-state index in [9.17, 15) is 4.79 Å². The van der Waals surface area contributed by atoms with E-state index in [-0.39, 0.29) is 5.91 Å². The maximum absolute atomic E-state index is 12.4. The van der Waals surface area contributed by atoms with Crippen LogP contribution in [0.4, 0.5) is 5.82 Å². The summed E-state index contributed by atoms with van der Waals surface area (Å²) in [6.07, 6.45) is 2.31. The lowest BCUT2D eigenvalue weighted by atomic mass is 10.1. The molecule has 2 aromatic heterocycles. The fourth-order valence-corrected chi connectivity index (χ4v) is 2.34. The summed E-state index contributed by atoms with van der Waals surface area (Å²) in [5.74, 6) is 0.236. The molecule has 2 N–H and O–H groups in total. The number of fused-ring (bicyclic) bond motifs is 1. The molecule has 0 bridgehead atoms. The fraction of sp³-hybridized carbons (Fsp3) is 0.133. The van der Waals surface area contributed by atoms with Crippen LogP contribution in [0.15, 0.2) is 36.5 Å². The van der Waals surface area contributed by atoms with Gasteiger partial charge in [0.1, 0.15) is 5.15 Å². The molecular formula is C15H13ClN4O. The van der Waals surface area contributed by atoms with E-state index >= 15 is 0 Å². The lowest BCUT2D eigenvalue weighted by Crippen LogP contribution is -2.13. The summed E-state index contributed by atoms with van der Waals surface area (Å²) in [6, 6.07) is 9.21. The number of hydrogen-bond donors (Lipinski definition) is 2. The van der Waals surface area contributed by atoms with Crippen LogP contribution in [-0.4, -0.2) is 21.1 Å². The van der Waals surface area contributed by atoms with Crippen molar-refractivity contribution in [3.63, 3.8) is 0 Å². The van der Waals surface area contributed by atoms with Gasteiger partial charge in [-0.3, -0.25) is 9.89 Å². The van der Waals surface area contributed by atoms with Crippen molar-refractivity contribution in [2.24, 2.45) is 0 Å². The van der Waals surface area contributed by atoms with Gasteiger partial charge in [0.25, 0.3) is 5.91 Å². The molecule has 21 heavy (non-hydrogen) atoms. The number of pyridine rings is 1. The Balaban J connectivity index is 1.96. The average molecular weight is 301 g/mol. The Kier molecular flexibility index (Phi) is 3.58. The monoisotopic (exact) mass is 300 g/mol. The van der Waals surface area contributed by atoms with Crippen molar-refractivity contribution in [1.82, 2.24) is 15.2 Å². The van der Waals surface area contributed by atoms with E-state index in [1.54, 1.807) is 0 Å². The number of H-pyrrole nitrogens is 1. The molecule has 0 atom stereocenters. The van der Waals surface area contributed by atoms with E-state index in [0.29, 0.717) is 16.5 Å². The molecule has 0 aliphatic carbocycles. The minimum absolute atomic E-state index is 0.260.